The third-order valence-corrected chi connectivity index (χ3v) is 5.77. The normalized spacial score (nSPS) is 26.7. The predicted octanol–water partition coefficient (Wildman–Crippen LogP) is 2.56. The van der Waals surface area contributed by atoms with Crippen LogP contribution < -0.4 is 0 Å². The summed E-state index contributed by atoms with van der Waals surface area (Å²) in [4.78, 5) is 14.3. The van der Waals surface area contributed by atoms with Crippen LogP contribution in [0.25, 0.3) is 0 Å². The lowest BCUT2D eigenvalue weighted by atomic mass is 9.86. The molecule has 24 heavy (non-hydrogen) atoms. The summed E-state index contributed by atoms with van der Waals surface area (Å²) in [6, 6.07) is 1.70. The summed E-state index contributed by atoms with van der Waals surface area (Å²) in [5, 5.41) is 3.80. The number of amides is 1. The van der Waals surface area contributed by atoms with Gasteiger partial charge in [0.2, 0.25) is 5.76 Å². The summed E-state index contributed by atoms with van der Waals surface area (Å²) in [6.07, 6.45) is 6.92. The average molecular weight is 334 g/mol. The molecule has 4 rings (SSSR count). The zero-order valence-corrected chi connectivity index (χ0v) is 14.3. The first-order valence-electron chi connectivity index (χ1n) is 9.12. The van der Waals surface area contributed by atoms with E-state index in [0.29, 0.717) is 25.5 Å². The van der Waals surface area contributed by atoms with Crippen LogP contribution in [0.1, 0.15) is 54.8 Å². The van der Waals surface area contributed by atoms with Gasteiger partial charge in [0.15, 0.2) is 0 Å². The minimum Gasteiger partial charge on any atom is -0.375 e. The van der Waals surface area contributed by atoms with E-state index in [1.807, 2.05) is 11.8 Å². The number of carbonyl (C=O) groups excluding carboxylic acids is 1. The summed E-state index contributed by atoms with van der Waals surface area (Å²) in [5.74, 6) is 1.03. The molecule has 1 amide bonds. The van der Waals surface area contributed by atoms with Gasteiger partial charge in [0.05, 0.1) is 24.0 Å². The van der Waals surface area contributed by atoms with Crippen molar-refractivity contribution < 1.29 is 18.8 Å². The standard InChI is InChI=1S/C18H26N2O4/c1-13-9-16(24-19-13)17(21)20-7-5-18(6-8-20)10-15(12-23-18)22-11-14-3-2-4-14/h9,14-15H,2-8,10-12H2,1H3. The van der Waals surface area contributed by atoms with Gasteiger partial charge < -0.3 is 18.9 Å². The lowest BCUT2D eigenvalue weighted by molar-refractivity contribution is -0.0424. The van der Waals surface area contributed by atoms with E-state index in [9.17, 15) is 4.79 Å². The highest BCUT2D eigenvalue weighted by Crippen LogP contribution is 2.38. The summed E-state index contributed by atoms with van der Waals surface area (Å²) >= 11 is 0. The van der Waals surface area contributed by atoms with Crippen molar-refractivity contribution in [2.75, 3.05) is 26.3 Å². The van der Waals surface area contributed by atoms with E-state index in [1.54, 1.807) is 6.07 Å². The second-order valence-corrected chi connectivity index (χ2v) is 7.58. The highest BCUT2D eigenvalue weighted by molar-refractivity contribution is 5.91. The maximum atomic E-state index is 12.4. The minimum absolute atomic E-state index is 0.0683. The number of hydrogen-bond donors (Lipinski definition) is 0. The fourth-order valence-corrected chi connectivity index (χ4v) is 3.93. The first kappa shape index (κ1) is 16.1. The lowest BCUT2D eigenvalue weighted by Crippen LogP contribution is -2.46. The molecule has 0 aromatic carbocycles. The van der Waals surface area contributed by atoms with E-state index in [2.05, 4.69) is 5.16 Å². The maximum absolute atomic E-state index is 12.4. The van der Waals surface area contributed by atoms with Crippen molar-refractivity contribution >= 4 is 5.91 Å². The van der Waals surface area contributed by atoms with Gasteiger partial charge in [-0.1, -0.05) is 11.6 Å². The molecule has 3 fully saturated rings. The van der Waals surface area contributed by atoms with Crippen molar-refractivity contribution in [1.29, 1.82) is 0 Å². The molecule has 1 spiro atoms. The molecule has 1 aliphatic carbocycles. The van der Waals surface area contributed by atoms with Crippen LogP contribution in [-0.2, 0) is 9.47 Å². The molecule has 3 aliphatic rings. The van der Waals surface area contributed by atoms with Crippen LogP contribution in [0.3, 0.4) is 0 Å². The first-order chi connectivity index (χ1) is 11.6. The Labute approximate surface area is 142 Å². The quantitative estimate of drug-likeness (QED) is 0.847. The van der Waals surface area contributed by atoms with Gasteiger partial charge in [-0.2, -0.15) is 0 Å². The summed E-state index contributed by atoms with van der Waals surface area (Å²) in [6.45, 7) is 4.81. The third-order valence-electron chi connectivity index (χ3n) is 5.77. The largest absolute Gasteiger partial charge is 0.375 e. The van der Waals surface area contributed by atoms with Crippen molar-refractivity contribution in [3.8, 4) is 0 Å². The molecule has 1 saturated carbocycles. The van der Waals surface area contributed by atoms with Crippen molar-refractivity contribution in [3.05, 3.63) is 17.5 Å². The van der Waals surface area contributed by atoms with Crippen molar-refractivity contribution in [2.24, 2.45) is 5.92 Å². The highest BCUT2D eigenvalue weighted by Gasteiger charge is 2.44. The molecule has 0 radical (unpaired) electrons. The van der Waals surface area contributed by atoms with E-state index in [-0.39, 0.29) is 17.6 Å². The second-order valence-electron chi connectivity index (χ2n) is 7.58. The van der Waals surface area contributed by atoms with Crippen LogP contribution in [0.15, 0.2) is 10.6 Å². The van der Waals surface area contributed by atoms with Crippen molar-refractivity contribution in [3.63, 3.8) is 0 Å². The first-order valence-corrected chi connectivity index (χ1v) is 9.12. The molecule has 1 atom stereocenters. The maximum Gasteiger partial charge on any atom is 0.292 e. The van der Waals surface area contributed by atoms with E-state index >= 15 is 0 Å². The van der Waals surface area contributed by atoms with Gasteiger partial charge in [-0.3, -0.25) is 4.79 Å². The number of aryl methyl sites for hydroxylation is 1. The van der Waals surface area contributed by atoms with Crippen LogP contribution >= 0.6 is 0 Å². The Hall–Kier alpha value is -1.40. The van der Waals surface area contributed by atoms with Gasteiger partial charge in [0.25, 0.3) is 5.91 Å². The molecule has 1 unspecified atom stereocenters. The Morgan fingerprint density at radius 1 is 1.42 bits per heavy atom. The van der Waals surface area contributed by atoms with Gasteiger partial charge in [-0.15, -0.1) is 0 Å². The number of carbonyl (C=O) groups is 1. The van der Waals surface area contributed by atoms with E-state index in [0.717, 1.165) is 37.5 Å². The highest BCUT2D eigenvalue weighted by atomic mass is 16.6. The molecule has 2 aliphatic heterocycles. The number of hydrogen-bond acceptors (Lipinski definition) is 5. The van der Waals surface area contributed by atoms with Crippen LogP contribution in [0.4, 0.5) is 0 Å². The van der Waals surface area contributed by atoms with Gasteiger partial charge >= 0.3 is 0 Å². The number of rotatable bonds is 4. The van der Waals surface area contributed by atoms with E-state index < -0.39 is 0 Å². The predicted molar refractivity (Wildman–Crippen MR) is 86.8 cm³/mol. The number of likely N-dealkylation sites (tertiary alicyclic amines) is 1. The fraction of sp³-hybridized carbons (Fsp3) is 0.778. The SMILES string of the molecule is Cc1cc(C(=O)N2CCC3(CC2)CC(OCC2CCC2)CO3)on1. The summed E-state index contributed by atoms with van der Waals surface area (Å²) in [7, 11) is 0. The Morgan fingerprint density at radius 2 is 2.21 bits per heavy atom. The number of aromatic nitrogens is 1. The van der Waals surface area contributed by atoms with E-state index in [4.69, 9.17) is 14.0 Å². The monoisotopic (exact) mass is 334 g/mol. The zero-order chi connectivity index (χ0) is 16.6. The van der Waals surface area contributed by atoms with E-state index in [1.165, 1.54) is 19.3 Å². The second kappa shape index (κ2) is 6.48. The zero-order valence-electron chi connectivity index (χ0n) is 14.3. The molecule has 6 nitrogen and oxygen atoms in total. The molecule has 6 heteroatoms. The smallest absolute Gasteiger partial charge is 0.292 e. The molecule has 1 aromatic rings. The van der Waals surface area contributed by atoms with Crippen LogP contribution in [0.2, 0.25) is 0 Å². The summed E-state index contributed by atoms with van der Waals surface area (Å²) in [5.41, 5.74) is 0.635. The van der Waals surface area contributed by atoms with Crippen molar-refractivity contribution in [1.82, 2.24) is 10.1 Å². The molecular formula is C18H26N2O4. The Kier molecular flexibility index (Phi) is 4.35. The fourth-order valence-electron chi connectivity index (χ4n) is 3.93. The topological polar surface area (TPSA) is 64.8 Å². The Bertz CT molecular complexity index is 588. The van der Waals surface area contributed by atoms with Gasteiger partial charge in [0.1, 0.15) is 0 Å². The van der Waals surface area contributed by atoms with Gasteiger partial charge in [0, 0.05) is 32.2 Å². The molecule has 132 valence electrons. The Morgan fingerprint density at radius 3 is 2.83 bits per heavy atom. The van der Waals surface area contributed by atoms with Crippen LogP contribution in [-0.4, -0.2) is 54.0 Å². The van der Waals surface area contributed by atoms with Gasteiger partial charge in [-0.25, -0.2) is 0 Å². The molecule has 0 bridgehead atoms. The summed E-state index contributed by atoms with van der Waals surface area (Å²) < 4.78 is 17.3. The van der Waals surface area contributed by atoms with Crippen LogP contribution in [0, 0.1) is 12.8 Å². The average Bonchev–Trinajstić information content (AvgIpc) is 3.13. The van der Waals surface area contributed by atoms with Gasteiger partial charge in [-0.05, 0) is 38.5 Å². The number of piperidine rings is 1. The minimum atomic E-state index is -0.0988. The Balaban J connectivity index is 1.27. The molecule has 3 heterocycles. The molecule has 0 N–H and O–H groups in total. The lowest BCUT2D eigenvalue weighted by Gasteiger charge is -2.38. The molecule has 1 aromatic heterocycles. The molecule has 2 saturated heterocycles. The van der Waals surface area contributed by atoms with Crippen molar-refractivity contribution in [2.45, 2.75) is 57.2 Å². The third kappa shape index (κ3) is 3.22. The molecular weight excluding hydrogens is 308 g/mol. The van der Waals surface area contributed by atoms with Crippen LogP contribution in [0.5, 0.6) is 0 Å². The number of ether oxygens (including phenoxy) is 2. The number of nitrogens with zero attached hydrogens (tertiary/aromatic N) is 2.